The second kappa shape index (κ2) is 9.04. The van der Waals surface area contributed by atoms with Crippen molar-refractivity contribution in [2.24, 2.45) is 0 Å². The molecule has 2 heterocycles. The highest BCUT2D eigenvalue weighted by molar-refractivity contribution is 5.87. The fourth-order valence-electron chi connectivity index (χ4n) is 3.22. The highest BCUT2D eigenvalue weighted by Gasteiger charge is 2.24. The molecule has 1 aliphatic heterocycles. The minimum Gasteiger partial charge on any atom is -0.464 e. The summed E-state index contributed by atoms with van der Waals surface area (Å²) in [5.74, 6) is -0.326. The Bertz CT molecular complexity index is 684. The van der Waals surface area contributed by atoms with Gasteiger partial charge in [0, 0.05) is 37.9 Å². The summed E-state index contributed by atoms with van der Waals surface area (Å²) in [6, 6.07) is 13.0. The first-order chi connectivity index (χ1) is 11.7. The number of ether oxygens (including phenoxy) is 1. The van der Waals surface area contributed by atoms with Crippen molar-refractivity contribution in [3.8, 4) is 0 Å². The van der Waals surface area contributed by atoms with E-state index in [4.69, 9.17) is 4.74 Å². The number of methoxy groups -OCH3 is 1. The Morgan fingerprint density at radius 3 is 2.68 bits per heavy atom. The van der Waals surface area contributed by atoms with Crippen molar-refractivity contribution in [3.05, 3.63) is 58.9 Å². The van der Waals surface area contributed by atoms with Gasteiger partial charge >= 0.3 is 5.97 Å². The summed E-state index contributed by atoms with van der Waals surface area (Å²) in [4.78, 5) is 17.2. The lowest BCUT2D eigenvalue weighted by atomic mass is 10.0. The number of nitrogens with zero attached hydrogens (tertiary/aromatic N) is 1. The number of halogens is 1. The van der Waals surface area contributed by atoms with Crippen molar-refractivity contribution in [2.75, 3.05) is 26.7 Å². The summed E-state index contributed by atoms with van der Waals surface area (Å²) >= 11 is 0. The molecule has 1 aromatic heterocycles. The number of hydrogen-bond acceptors (Lipinski definition) is 4. The molecule has 0 spiro atoms. The van der Waals surface area contributed by atoms with E-state index >= 15 is 0 Å². The maximum atomic E-state index is 11.6. The Morgan fingerprint density at radius 2 is 2.00 bits per heavy atom. The van der Waals surface area contributed by atoms with Crippen molar-refractivity contribution >= 4 is 18.4 Å². The molecule has 2 aromatic rings. The van der Waals surface area contributed by atoms with E-state index in [1.165, 1.54) is 18.2 Å². The highest BCUT2D eigenvalue weighted by Crippen LogP contribution is 2.24. The largest absolute Gasteiger partial charge is 0.464 e. The summed E-state index contributed by atoms with van der Waals surface area (Å²) < 4.78 is 4.76. The van der Waals surface area contributed by atoms with Crippen molar-refractivity contribution in [1.29, 1.82) is 0 Å². The molecule has 0 radical (unpaired) electrons. The third-order valence-electron chi connectivity index (χ3n) is 4.65. The van der Waals surface area contributed by atoms with Crippen molar-refractivity contribution < 1.29 is 9.53 Å². The zero-order chi connectivity index (χ0) is 16.9. The molecule has 0 amide bonds. The molecule has 0 aliphatic carbocycles. The maximum absolute atomic E-state index is 11.6. The van der Waals surface area contributed by atoms with Gasteiger partial charge in [0.15, 0.2) is 0 Å². The monoisotopic (exact) mass is 363 g/mol. The van der Waals surface area contributed by atoms with Crippen LogP contribution in [0.2, 0.25) is 0 Å². The van der Waals surface area contributed by atoms with E-state index in [-0.39, 0.29) is 18.4 Å². The molecule has 1 unspecified atom stereocenters. The normalized spacial score (nSPS) is 17.8. The fraction of sp³-hybridized carbons (Fsp3) is 0.421. The molecule has 25 heavy (non-hydrogen) atoms. The van der Waals surface area contributed by atoms with Crippen LogP contribution in [-0.2, 0) is 17.7 Å². The smallest absolute Gasteiger partial charge is 0.354 e. The van der Waals surface area contributed by atoms with Gasteiger partial charge in [-0.15, -0.1) is 12.4 Å². The molecule has 5 nitrogen and oxygen atoms in total. The molecule has 2 N–H and O–H groups in total. The van der Waals surface area contributed by atoms with E-state index in [9.17, 15) is 4.79 Å². The minimum absolute atomic E-state index is 0. The second-order valence-electron chi connectivity index (χ2n) is 6.17. The first-order valence-corrected chi connectivity index (χ1v) is 8.51. The van der Waals surface area contributed by atoms with Gasteiger partial charge in [-0.25, -0.2) is 4.79 Å². The molecule has 136 valence electrons. The first-order valence-electron chi connectivity index (χ1n) is 8.51. The van der Waals surface area contributed by atoms with Gasteiger partial charge in [-0.2, -0.15) is 0 Å². The average Bonchev–Trinajstić information content (AvgIpc) is 3.10. The number of esters is 1. The van der Waals surface area contributed by atoms with E-state index in [1.807, 2.05) is 6.07 Å². The lowest BCUT2D eigenvalue weighted by Gasteiger charge is -2.36. The van der Waals surface area contributed by atoms with Crippen LogP contribution < -0.4 is 5.32 Å². The number of rotatable bonds is 5. The molecule has 0 saturated carbocycles. The van der Waals surface area contributed by atoms with Crippen molar-refractivity contribution in [1.82, 2.24) is 15.2 Å². The number of aromatic nitrogens is 1. The number of piperazine rings is 1. The van der Waals surface area contributed by atoms with E-state index in [1.54, 1.807) is 6.07 Å². The van der Waals surface area contributed by atoms with Crippen LogP contribution in [0.15, 0.2) is 36.4 Å². The molecule has 0 bridgehead atoms. The predicted molar refractivity (Wildman–Crippen MR) is 101 cm³/mol. The number of benzene rings is 1. The Kier molecular flexibility index (Phi) is 7.05. The number of carbonyl (C=O) groups excluding carboxylic acids is 1. The van der Waals surface area contributed by atoms with Crippen LogP contribution in [0.3, 0.4) is 0 Å². The number of carbonyl (C=O) groups is 1. The van der Waals surface area contributed by atoms with Crippen LogP contribution in [0.1, 0.15) is 40.3 Å². The fourth-order valence-corrected chi connectivity index (χ4v) is 3.22. The highest BCUT2D eigenvalue weighted by atomic mass is 35.5. The molecule has 1 aliphatic rings. The van der Waals surface area contributed by atoms with Crippen LogP contribution >= 0.6 is 12.4 Å². The van der Waals surface area contributed by atoms with Gasteiger partial charge in [0.1, 0.15) is 5.69 Å². The van der Waals surface area contributed by atoms with Gasteiger partial charge < -0.3 is 15.0 Å². The van der Waals surface area contributed by atoms with Crippen molar-refractivity contribution in [2.45, 2.75) is 25.9 Å². The van der Waals surface area contributed by atoms with Gasteiger partial charge in [0.25, 0.3) is 0 Å². The van der Waals surface area contributed by atoms with E-state index < -0.39 is 0 Å². The van der Waals surface area contributed by atoms with Gasteiger partial charge in [0.05, 0.1) is 7.11 Å². The van der Waals surface area contributed by atoms with Crippen LogP contribution in [0, 0.1) is 0 Å². The maximum Gasteiger partial charge on any atom is 0.354 e. The Hall–Kier alpha value is -1.82. The predicted octanol–water partition coefficient (Wildman–Crippen LogP) is 2.93. The van der Waals surface area contributed by atoms with Crippen LogP contribution in [0.5, 0.6) is 0 Å². The molecule has 1 aromatic carbocycles. The molecular formula is C19H26ClN3O2. The minimum atomic E-state index is -0.326. The van der Waals surface area contributed by atoms with Gasteiger partial charge in [-0.3, -0.25) is 4.90 Å². The zero-order valence-corrected chi connectivity index (χ0v) is 15.6. The molecular weight excluding hydrogens is 338 g/mol. The van der Waals surface area contributed by atoms with Crippen LogP contribution in [0.25, 0.3) is 0 Å². The molecule has 3 rings (SSSR count). The standard InChI is InChI=1S/C19H25N3O2.ClH/c1-3-14-4-6-15(7-5-14)18-12-20-10-11-22(18)13-16-8-9-17(21-16)19(23)24-2;/h4-9,18,20-21H,3,10-13H2,1-2H3;1H. The van der Waals surface area contributed by atoms with E-state index in [0.717, 1.165) is 38.3 Å². The number of aromatic amines is 1. The van der Waals surface area contributed by atoms with Crippen molar-refractivity contribution in [3.63, 3.8) is 0 Å². The van der Waals surface area contributed by atoms with E-state index in [0.29, 0.717) is 11.7 Å². The summed E-state index contributed by atoms with van der Waals surface area (Å²) in [5, 5.41) is 3.48. The SMILES string of the molecule is CCc1ccc(C2CNCCN2Cc2ccc(C(=O)OC)[nH]2)cc1.Cl. The average molecular weight is 364 g/mol. The van der Waals surface area contributed by atoms with Gasteiger partial charge in [-0.1, -0.05) is 31.2 Å². The third-order valence-corrected chi connectivity index (χ3v) is 4.65. The molecule has 1 atom stereocenters. The summed E-state index contributed by atoms with van der Waals surface area (Å²) in [5.41, 5.74) is 4.24. The molecule has 1 saturated heterocycles. The number of nitrogens with one attached hydrogen (secondary N) is 2. The lowest BCUT2D eigenvalue weighted by Crippen LogP contribution is -2.45. The first kappa shape index (κ1) is 19.5. The van der Waals surface area contributed by atoms with Gasteiger partial charge in [-0.05, 0) is 29.7 Å². The Balaban J connectivity index is 0.00000225. The Labute approximate surface area is 155 Å². The third kappa shape index (κ3) is 4.63. The zero-order valence-electron chi connectivity index (χ0n) is 14.7. The number of H-pyrrole nitrogens is 1. The second-order valence-corrected chi connectivity index (χ2v) is 6.17. The van der Waals surface area contributed by atoms with Crippen LogP contribution in [-0.4, -0.2) is 42.6 Å². The summed E-state index contributed by atoms with van der Waals surface area (Å²) in [6.07, 6.45) is 1.06. The van der Waals surface area contributed by atoms with Crippen LogP contribution in [0.4, 0.5) is 0 Å². The Morgan fingerprint density at radius 1 is 1.24 bits per heavy atom. The number of aryl methyl sites for hydroxylation is 1. The molecule has 6 heteroatoms. The number of hydrogen-bond donors (Lipinski definition) is 2. The quantitative estimate of drug-likeness (QED) is 0.802. The lowest BCUT2D eigenvalue weighted by molar-refractivity contribution is 0.0594. The topological polar surface area (TPSA) is 57.4 Å². The van der Waals surface area contributed by atoms with Gasteiger partial charge in [0.2, 0.25) is 0 Å². The molecule has 1 fully saturated rings. The van der Waals surface area contributed by atoms with E-state index in [2.05, 4.69) is 46.4 Å². The summed E-state index contributed by atoms with van der Waals surface area (Å²) in [6.45, 7) is 5.86. The summed E-state index contributed by atoms with van der Waals surface area (Å²) in [7, 11) is 1.40.